The third-order valence-corrected chi connectivity index (χ3v) is 2.52. The summed E-state index contributed by atoms with van der Waals surface area (Å²) < 4.78 is 14.8. The van der Waals surface area contributed by atoms with Crippen molar-refractivity contribution < 1.29 is 28.9 Å². The topological polar surface area (TPSA) is 82.1 Å². The molecular weight excluding hydrogens is 252 g/mol. The number of carbonyl (C=O) groups is 2. The highest BCUT2D eigenvalue weighted by Crippen LogP contribution is 2.29. The molecule has 0 heterocycles. The maximum atomic E-state index is 11.6. The smallest absolute Gasteiger partial charge is 0.339 e. The predicted octanol–water partition coefficient (Wildman–Crippen LogP) is 1.16. The maximum Gasteiger partial charge on any atom is 0.339 e. The van der Waals surface area contributed by atoms with E-state index in [9.17, 15) is 14.7 Å². The van der Waals surface area contributed by atoms with Crippen molar-refractivity contribution in [2.24, 2.45) is 0 Å². The molecule has 1 N–H and O–H groups in total. The molecule has 6 nitrogen and oxygen atoms in total. The van der Waals surface area contributed by atoms with Crippen molar-refractivity contribution in [2.75, 3.05) is 27.9 Å². The molecule has 1 rings (SSSR count). The van der Waals surface area contributed by atoms with Crippen molar-refractivity contribution in [1.82, 2.24) is 0 Å². The van der Waals surface area contributed by atoms with Gasteiger partial charge in [0.05, 0.1) is 14.2 Å². The largest absolute Gasteiger partial charge is 0.497 e. The summed E-state index contributed by atoms with van der Waals surface area (Å²) in [5, 5.41) is 9.22. The van der Waals surface area contributed by atoms with Crippen molar-refractivity contribution in [3.63, 3.8) is 0 Å². The summed E-state index contributed by atoms with van der Waals surface area (Å²) in [7, 11) is 4.22. The number of carboxylic acids is 1. The fourth-order valence-corrected chi connectivity index (χ4v) is 1.73. The minimum Gasteiger partial charge on any atom is -0.497 e. The first-order chi connectivity index (χ1) is 9.03. The van der Waals surface area contributed by atoms with Gasteiger partial charge >= 0.3 is 5.97 Å². The van der Waals surface area contributed by atoms with Crippen LogP contribution in [0.15, 0.2) is 12.1 Å². The molecule has 0 radical (unpaired) electrons. The number of aromatic carboxylic acids is 1. The Kier molecular flexibility index (Phi) is 5.32. The van der Waals surface area contributed by atoms with Crippen molar-refractivity contribution in [2.45, 2.75) is 6.42 Å². The van der Waals surface area contributed by atoms with Gasteiger partial charge in [0.15, 0.2) is 5.78 Å². The zero-order chi connectivity index (χ0) is 14.4. The van der Waals surface area contributed by atoms with Crippen molar-refractivity contribution >= 4 is 11.8 Å². The van der Waals surface area contributed by atoms with Crippen LogP contribution in [0.4, 0.5) is 0 Å². The molecule has 0 fully saturated rings. The molecule has 1 aromatic carbocycles. The van der Waals surface area contributed by atoms with E-state index in [2.05, 4.69) is 0 Å². The molecule has 0 aromatic heterocycles. The van der Waals surface area contributed by atoms with Crippen LogP contribution >= 0.6 is 0 Å². The lowest BCUT2D eigenvalue weighted by Gasteiger charge is -2.12. The standard InChI is InChI=1S/C13H16O6/c1-17-7-9(14)4-8-5-10(18-2)6-11(19-3)12(8)13(15)16/h5-6H,4,7H2,1-3H3,(H,15,16). The summed E-state index contributed by atoms with van der Waals surface area (Å²) in [5.74, 6) is -0.783. The van der Waals surface area contributed by atoms with Crippen LogP contribution < -0.4 is 9.47 Å². The minimum atomic E-state index is -1.15. The third-order valence-electron chi connectivity index (χ3n) is 2.52. The van der Waals surface area contributed by atoms with E-state index in [1.807, 2.05) is 0 Å². The molecule has 0 amide bonds. The number of carbonyl (C=O) groups excluding carboxylic acids is 1. The Balaban J connectivity index is 3.25. The molecule has 1 aromatic rings. The second-order valence-corrected chi connectivity index (χ2v) is 3.82. The zero-order valence-electron chi connectivity index (χ0n) is 11.1. The first-order valence-electron chi connectivity index (χ1n) is 5.52. The SMILES string of the molecule is COCC(=O)Cc1cc(OC)cc(OC)c1C(=O)O. The Hall–Kier alpha value is -2.08. The number of carboxylic acid groups (broad SMARTS) is 1. The number of methoxy groups -OCH3 is 3. The Labute approximate surface area is 110 Å². The van der Waals surface area contributed by atoms with E-state index in [-0.39, 0.29) is 30.1 Å². The maximum absolute atomic E-state index is 11.6. The summed E-state index contributed by atoms with van der Waals surface area (Å²) in [6.07, 6.45) is -0.0525. The number of benzene rings is 1. The van der Waals surface area contributed by atoms with E-state index in [1.54, 1.807) is 0 Å². The summed E-state index contributed by atoms with van der Waals surface area (Å²) in [5.41, 5.74) is 0.304. The van der Waals surface area contributed by atoms with E-state index in [1.165, 1.54) is 33.5 Å². The molecule has 6 heteroatoms. The monoisotopic (exact) mass is 268 g/mol. The number of hydrogen-bond donors (Lipinski definition) is 1. The summed E-state index contributed by atoms with van der Waals surface area (Å²) in [6, 6.07) is 2.98. The van der Waals surface area contributed by atoms with Crippen molar-refractivity contribution in [1.29, 1.82) is 0 Å². The second kappa shape index (κ2) is 6.75. The van der Waals surface area contributed by atoms with E-state index >= 15 is 0 Å². The van der Waals surface area contributed by atoms with Gasteiger partial charge < -0.3 is 19.3 Å². The average molecular weight is 268 g/mol. The van der Waals surface area contributed by atoms with Gasteiger partial charge in [-0.25, -0.2) is 4.79 Å². The van der Waals surface area contributed by atoms with E-state index in [0.29, 0.717) is 11.3 Å². The van der Waals surface area contributed by atoms with Crippen molar-refractivity contribution in [3.05, 3.63) is 23.3 Å². The van der Waals surface area contributed by atoms with Gasteiger partial charge in [0, 0.05) is 19.6 Å². The summed E-state index contributed by atoms with van der Waals surface area (Å²) in [6.45, 7) is -0.0708. The van der Waals surface area contributed by atoms with Gasteiger partial charge in [0.25, 0.3) is 0 Å². The summed E-state index contributed by atoms with van der Waals surface area (Å²) in [4.78, 5) is 22.9. The number of hydrogen-bond acceptors (Lipinski definition) is 5. The zero-order valence-corrected chi connectivity index (χ0v) is 11.1. The fourth-order valence-electron chi connectivity index (χ4n) is 1.73. The number of rotatable bonds is 7. The highest BCUT2D eigenvalue weighted by Gasteiger charge is 2.20. The predicted molar refractivity (Wildman–Crippen MR) is 67.1 cm³/mol. The van der Waals surface area contributed by atoms with Crippen LogP contribution in [-0.2, 0) is 16.0 Å². The number of Topliss-reactive ketones (excluding diaryl/α,β-unsaturated/α-hetero) is 1. The van der Waals surface area contributed by atoms with Crippen LogP contribution in [0.2, 0.25) is 0 Å². The van der Waals surface area contributed by atoms with Gasteiger partial charge in [0.2, 0.25) is 0 Å². The van der Waals surface area contributed by atoms with Gasteiger partial charge in [-0.2, -0.15) is 0 Å². The molecule has 0 unspecified atom stereocenters. The lowest BCUT2D eigenvalue weighted by Crippen LogP contribution is -2.14. The van der Waals surface area contributed by atoms with Gasteiger partial charge in [-0.05, 0) is 11.6 Å². The van der Waals surface area contributed by atoms with Gasteiger partial charge in [-0.3, -0.25) is 4.79 Å². The van der Waals surface area contributed by atoms with Crippen LogP contribution in [0.3, 0.4) is 0 Å². The first-order valence-corrected chi connectivity index (χ1v) is 5.52. The van der Waals surface area contributed by atoms with Gasteiger partial charge in [0.1, 0.15) is 23.7 Å². The molecule has 0 aliphatic carbocycles. The van der Waals surface area contributed by atoms with Crippen LogP contribution in [-0.4, -0.2) is 44.8 Å². The average Bonchev–Trinajstić information content (AvgIpc) is 2.37. The Morgan fingerprint density at radius 2 is 1.84 bits per heavy atom. The fraction of sp³-hybridized carbons (Fsp3) is 0.385. The first kappa shape index (κ1) is 15.0. The molecule has 0 saturated heterocycles. The van der Waals surface area contributed by atoms with Gasteiger partial charge in [-0.1, -0.05) is 0 Å². The van der Waals surface area contributed by atoms with E-state index in [0.717, 1.165) is 0 Å². The molecule has 104 valence electrons. The molecule has 19 heavy (non-hydrogen) atoms. The lowest BCUT2D eigenvalue weighted by atomic mass is 10.0. The summed E-state index contributed by atoms with van der Waals surface area (Å²) >= 11 is 0. The molecular formula is C13H16O6. The molecule has 0 aliphatic heterocycles. The van der Waals surface area contributed by atoms with Crippen LogP contribution in [0, 0.1) is 0 Å². The minimum absolute atomic E-state index is 0.0345. The highest BCUT2D eigenvalue weighted by molar-refractivity contribution is 5.95. The molecule has 0 atom stereocenters. The molecule has 0 bridgehead atoms. The third kappa shape index (κ3) is 3.69. The van der Waals surface area contributed by atoms with Crippen molar-refractivity contribution in [3.8, 4) is 11.5 Å². The van der Waals surface area contributed by atoms with Crippen LogP contribution in [0.1, 0.15) is 15.9 Å². The van der Waals surface area contributed by atoms with E-state index < -0.39 is 5.97 Å². The quantitative estimate of drug-likeness (QED) is 0.799. The lowest BCUT2D eigenvalue weighted by molar-refractivity contribution is -0.121. The van der Waals surface area contributed by atoms with E-state index in [4.69, 9.17) is 14.2 Å². The highest BCUT2D eigenvalue weighted by atomic mass is 16.5. The second-order valence-electron chi connectivity index (χ2n) is 3.82. The normalized spacial score (nSPS) is 10.1. The molecule has 0 saturated carbocycles. The molecule has 0 spiro atoms. The Bertz CT molecular complexity index is 480. The number of ketones is 1. The Morgan fingerprint density at radius 1 is 1.16 bits per heavy atom. The van der Waals surface area contributed by atoms with Crippen LogP contribution in [0.5, 0.6) is 11.5 Å². The Morgan fingerprint density at radius 3 is 2.32 bits per heavy atom. The number of ether oxygens (including phenoxy) is 3. The van der Waals surface area contributed by atoms with Gasteiger partial charge in [-0.15, -0.1) is 0 Å². The molecule has 0 aliphatic rings. The van der Waals surface area contributed by atoms with Crippen LogP contribution in [0.25, 0.3) is 0 Å².